The average Bonchev–Trinajstić information content (AvgIpc) is 2.40. The molecular weight excluding hydrogens is 317 g/mol. The summed E-state index contributed by atoms with van der Waals surface area (Å²) in [6.45, 7) is 2.22. The van der Waals surface area contributed by atoms with Crippen LogP contribution in [0.3, 0.4) is 0 Å². The van der Waals surface area contributed by atoms with Crippen molar-refractivity contribution in [2.45, 2.75) is 11.8 Å². The van der Waals surface area contributed by atoms with E-state index in [0.717, 1.165) is 6.07 Å². The Morgan fingerprint density at radius 2 is 2.00 bits per heavy atom. The molecule has 0 fully saturated rings. The molecule has 0 atom stereocenters. The van der Waals surface area contributed by atoms with E-state index in [1.54, 1.807) is 6.92 Å². The number of sulfonamides is 1. The molecule has 4 nitrogen and oxygen atoms in total. The predicted molar refractivity (Wildman–Crippen MR) is 79.8 cm³/mol. The zero-order valence-corrected chi connectivity index (χ0v) is 12.7. The third-order valence-electron chi connectivity index (χ3n) is 2.59. The Hall–Kier alpha value is -1.79. The summed E-state index contributed by atoms with van der Waals surface area (Å²) in [5.74, 6) is -0.121. The second-order valence-electron chi connectivity index (χ2n) is 4.14. The molecule has 0 radical (unpaired) electrons. The van der Waals surface area contributed by atoms with Gasteiger partial charge in [-0.25, -0.2) is 12.8 Å². The normalized spacial score (nSPS) is 11.2. The van der Waals surface area contributed by atoms with Gasteiger partial charge in [0, 0.05) is 0 Å². The lowest BCUT2D eigenvalue weighted by atomic mass is 10.3. The van der Waals surface area contributed by atoms with Gasteiger partial charge in [0.1, 0.15) is 11.6 Å². The molecule has 0 bridgehead atoms. The molecule has 0 aliphatic heterocycles. The highest BCUT2D eigenvalue weighted by Crippen LogP contribution is 2.28. The van der Waals surface area contributed by atoms with E-state index in [1.165, 1.54) is 36.4 Å². The first-order chi connectivity index (χ1) is 9.92. The fourth-order valence-corrected chi connectivity index (χ4v) is 3.06. The molecule has 0 spiro atoms. The number of halogens is 2. The third-order valence-corrected chi connectivity index (χ3v) is 4.26. The summed E-state index contributed by atoms with van der Waals surface area (Å²) in [5, 5.41) is 0.193. The van der Waals surface area contributed by atoms with Gasteiger partial charge in [0.15, 0.2) is 0 Å². The van der Waals surface area contributed by atoms with Crippen LogP contribution in [0.15, 0.2) is 47.4 Å². The van der Waals surface area contributed by atoms with Gasteiger partial charge in [-0.05, 0) is 43.3 Å². The SMILES string of the molecule is CCOc1ccc(S(=O)(=O)Nc2cccc(F)c2)cc1Cl. The highest BCUT2D eigenvalue weighted by Gasteiger charge is 2.16. The summed E-state index contributed by atoms with van der Waals surface area (Å²) < 4.78 is 45.0. The Labute approximate surface area is 127 Å². The van der Waals surface area contributed by atoms with E-state index in [1.807, 2.05) is 0 Å². The summed E-state index contributed by atoms with van der Waals surface area (Å²) in [4.78, 5) is -0.0276. The molecule has 2 aromatic rings. The number of anilines is 1. The number of ether oxygens (including phenoxy) is 1. The molecule has 0 saturated carbocycles. The van der Waals surface area contributed by atoms with Crippen molar-refractivity contribution in [2.75, 3.05) is 11.3 Å². The standard InChI is InChI=1S/C14H13ClFNO3S/c1-2-20-14-7-6-12(9-13(14)15)21(18,19)17-11-5-3-4-10(16)8-11/h3-9,17H,2H2,1H3. The van der Waals surface area contributed by atoms with Gasteiger partial charge >= 0.3 is 0 Å². The van der Waals surface area contributed by atoms with Crippen molar-refractivity contribution in [1.29, 1.82) is 0 Å². The molecule has 112 valence electrons. The van der Waals surface area contributed by atoms with Crippen molar-refractivity contribution in [2.24, 2.45) is 0 Å². The zero-order chi connectivity index (χ0) is 15.5. The first kappa shape index (κ1) is 15.6. The van der Waals surface area contributed by atoms with Crippen molar-refractivity contribution >= 4 is 27.3 Å². The molecule has 2 rings (SSSR count). The monoisotopic (exact) mass is 329 g/mol. The fraction of sp³-hybridized carbons (Fsp3) is 0.143. The lowest BCUT2D eigenvalue weighted by Crippen LogP contribution is -2.13. The van der Waals surface area contributed by atoms with Gasteiger partial charge in [0.05, 0.1) is 22.2 Å². The maximum Gasteiger partial charge on any atom is 0.261 e. The van der Waals surface area contributed by atoms with Crippen LogP contribution in [0.5, 0.6) is 5.75 Å². The molecule has 2 aromatic carbocycles. The first-order valence-corrected chi connectivity index (χ1v) is 7.99. The molecule has 0 unspecified atom stereocenters. The van der Waals surface area contributed by atoms with Crippen LogP contribution in [0.25, 0.3) is 0 Å². The summed E-state index contributed by atoms with van der Waals surface area (Å²) >= 11 is 5.97. The van der Waals surface area contributed by atoms with E-state index in [4.69, 9.17) is 16.3 Å². The minimum atomic E-state index is -3.84. The topological polar surface area (TPSA) is 55.4 Å². The maximum absolute atomic E-state index is 13.1. The molecular formula is C14H13ClFNO3S. The molecule has 21 heavy (non-hydrogen) atoms. The lowest BCUT2D eigenvalue weighted by molar-refractivity contribution is 0.340. The minimum absolute atomic E-state index is 0.0276. The largest absolute Gasteiger partial charge is 0.492 e. The summed E-state index contributed by atoms with van der Waals surface area (Å²) in [6, 6.07) is 9.33. The smallest absolute Gasteiger partial charge is 0.261 e. The Balaban J connectivity index is 2.29. The van der Waals surface area contributed by atoms with Crippen LogP contribution in [-0.4, -0.2) is 15.0 Å². The molecule has 0 aliphatic rings. The van der Waals surface area contributed by atoms with Gasteiger partial charge < -0.3 is 4.74 Å². The highest BCUT2D eigenvalue weighted by atomic mass is 35.5. The summed E-state index contributed by atoms with van der Waals surface area (Å²) in [6.07, 6.45) is 0. The van der Waals surface area contributed by atoms with Crippen LogP contribution in [0.4, 0.5) is 10.1 Å². The van der Waals surface area contributed by atoms with Gasteiger partial charge in [-0.3, -0.25) is 4.72 Å². The lowest BCUT2D eigenvalue weighted by Gasteiger charge is -2.10. The van der Waals surface area contributed by atoms with E-state index in [0.29, 0.717) is 12.4 Å². The number of hydrogen-bond donors (Lipinski definition) is 1. The quantitative estimate of drug-likeness (QED) is 0.910. The fourth-order valence-electron chi connectivity index (χ4n) is 1.69. The number of rotatable bonds is 5. The number of benzene rings is 2. The first-order valence-electron chi connectivity index (χ1n) is 6.13. The minimum Gasteiger partial charge on any atom is -0.492 e. The van der Waals surface area contributed by atoms with Crippen LogP contribution >= 0.6 is 11.6 Å². The van der Waals surface area contributed by atoms with Crippen molar-refractivity contribution < 1.29 is 17.5 Å². The van der Waals surface area contributed by atoms with Crippen molar-refractivity contribution in [1.82, 2.24) is 0 Å². The van der Waals surface area contributed by atoms with Gasteiger partial charge in [-0.2, -0.15) is 0 Å². The maximum atomic E-state index is 13.1. The predicted octanol–water partition coefficient (Wildman–Crippen LogP) is 3.68. The van der Waals surface area contributed by atoms with Crippen LogP contribution in [-0.2, 0) is 10.0 Å². The van der Waals surface area contributed by atoms with Crippen molar-refractivity contribution in [3.63, 3.8) is 0 Å². The molecule has 0 saturated heterocycles. The van der Waals surface area contributed by atoms with Crippen molar-refractivity contribution in [3.8, 4) is 5.75 Å². The van der Waals surface area contributed by atoms with Gasteiger partial charge in [-0.1, -0.05) is 17.7 Å². The van der Waals surface area contributed by atoms with Gasteiger partial charge in [-0.15, -0.1) is 0 Å². The second kappa shape index (κ2) is 6.32. The molecule has 0 aromatic heterocycles. The molecule has 0 aliphatic carbocycles. The Kier molecular flexibility index (Phi) is 4.69. The number of nitrogens with one attached hydrogen (secondary N) is 1. The Morgan fingerprint density at radius 1 is 1.24 bits per heavy atom. The van der Waals surface area contributed by atoms with Crippen LogP contribution in [0, 0.1) is 5.82 Å². The van der Waals surface area contributed by atoms with E-state index < -0.39 is 15.8 Å². The molecule has 7 heteroatoms. The zero-order valence-electron chi connectivity index (χ0n) is 11.1. The second-order valence-corrected chi connectivity index (χ2v) is 6.23. The highest BCUT2D eigenvalue weighted by molar-refractivity contribution is 7.92. The van der Waals surface area contributed by atoms with E-state index in [2.05, 4.69) is 4.72 Å². The van der Waals surface area contributed by atoms with Gasteiger partial charge in [0.25, 0.3) is 10.0 Å². The van der Waals surface area contributed by atoms with Crippen LogP contribution < -0.4 is 9.46 Å². The summed E-state index contributed by atoms with van der Waals surface area (Å²) in [5.41, 5.74) is 0.139. The van der Waals surface area contributed by atoms with Crippen LogP contribution in [0.1, 0.15) is 6.92 Å². The molecule has 1 N–H and O–H groups in total. The molecule has 0 amide bonds. The van der Waals surface area contributed by atoms with E-state index in [9.17, 15) is 12.8 Å². The van der Waals surface area contributed by atoms with Crippen LogP contribution in [0.2, 0.25) is 5.02 Å². The Morgan fingerprint density at radius 3 is 2.62 bits per heavy atom. The Bertz CT molecular complexity index is 750. The number of hydrogen-bond acceptors (Lipinski definition) is 3. The van der Waals surface area contributed by atoms with Gasteiger partial charge in [0.2, 0.25) is 0 Å². The van der Waals surface area contributed by atoms with E-state index in [-0.39, 0.29) is 15.6 Å². The molecule has 0 heterocycles. The van der Waals surface area contributed by atoms with E-state index >= 15 is 0 Å². The van der Waals surface area contributed by atoms with Crippen molar-refractivity contribution in [3.05, 3.63) is 53.3 Å². The average molecular weight is 330 g/mol. The third kappa shape index (κ3) is 3.86. The summed E-state index contributed by atoms with van der Waals surface area (Å²) in [7, 11) is -3.84.